The van der Waals surface area contributed by atoms with E-state index in [1.165, 1.54) is 75.8 Å². The Bertz CT molecular complexity index is 633. The fourth-order valence-corrected chi connectivity index (χ4v) is 3.44. The fraction of sp³-hybridized carbons (Fsp3) is 0.458. The van der Waals surface area contributed by atoms with Gasteiger partial charge in [-0.2, -0.15) is 0 Å². The first-order chi connectivity index (χ1) is 12.6. The van der Waals surface area contributed by atoms with Crippen LogP contribution in [-0.4, -0.2) is 11.1 Å². The van der Waals surface area contributed by atoms with Crippen LogP contribution < -0.4 is 0 Å². The number of carbonyl (C=O) groups is 1. The lowest BCUT2D eigenvalue weighted by Gasteiger charge is -2.07. The van der Waals surface area contributed by atoms with Gasteiger partial charge in [0.1, 0.15) is 0 Å². The molecule has 2 heteroatoms. The van der Waals surface area contributed by atoms with Gasteiger partial charge >= 0.3 is 5.97 Å². The highest BCUT2D eigenvalue weighted by Gasteiger charge is 2.02. The van der Waals surface area contributed by atoms with E-state index >= 15 is 0 Å². The molecule has 0 aromatic heterocycles. The molecule has 0 spiro atoms. The second-order valence-corrected chi connectivity index (χ2v) is 7.36. The third-order valence-corrected chi connectivity index (χ3v) is 4.94. The molecule has 1 aliphatic rings. The number of rotatable bonds is 4. The molecule has 1 aromatic carbocycles. The summed E-state index contributed by atoms with van der Waals surface area (Å²) in [6, 6.07) is 8.52. The van der Waals surface area contributed by atoms with Crippen molar-refractivity contribution in [2.75, 3.05) is 0 Å². The number of carboxylic acids is 1. The Hall–Kier alpha value is -2.09. The quantitative estimate of drug-likeness (QED) is 0.466. The number of hydrogen-bond donors (Lipinski definition) is 1. The van der Waals surface area contributed by atoms with Crippen molar-refractivity contribution in [3.63, 3.8) is 0 Å². The molecule has 0 heterocycles. The van der Waals surface area contributed by atoms with Crippen LogP contribution in [0.1, 0.15) is 82.3 Å². The Morgan fingerprint density at radius 2 is 1.35 bits per heavy atom. The third kappa shape index (κ3) is 8.33. The van der Waals surface area contributed by atoms with Crippen LogP contribution in [0.5, 0.6) is 0 Å². The van der Waals surface area contributed by atoms with E-state index in [1.54, 1.807) is 12.5 Å². The summed E-state index contributed by atoms with van der Waals surface area (Å²) in [7, 11) is 0. The van der Waals surface area contributed by atoms with Gasteiger partial charge in [-0.3, -0.25) is 0 Å². The van der Waals surface area contributed by atoms with Gasteiger partial charge in [0.25, 0.3) is 0 Å². The average molecular weight is 353 g/mol. The Morgan fingerprint density at radius 1 is 0.846 bits per heavy atom. The minimum atomic E-state index is -0.907. The van der Waals surface area contributed by atoms with Crippen molar-refractivity contribution in [2.24, 2.45) is 0 Å². The zero-order valence-electron chi connectivity index (χ0n) is 16.0. The molecule has 1 aliphatic carbocycles. The van der Waals surface area contributed by atoms with Gasteiger partial charge in [0.15, 0.2) is 0 Å². The van der Waals surface area contributed by atoms with E-state index in [-0.39, 0.29) is 0 Å². The van der Waals surface area contributed by atoms with E-state index in [0.717, 1.165) is 11.1 Å². The van der Waals surface area contributed by atoms with Crippen LogP contribution in [0.4, 0.5) is 0 Å². The molecule has 1 N–H and O–H groups in total. The summed E-state index contributed by atoms with van der Waals surface area (Å²) in [4.78, 5) is 10.6. The molecule has 0 aliphatic heterocycles. The SMILES string of the molecule is CC(C=Cc1ccc(C=C2CCCCCCCCCC2)cc1)=CC(=O)O. The summed E-state index contributed by atoms with van der Waals surface area (Å²) in [5.41, 5.74) is 4.69. The molecule has 1 saturated carbocycles. The van der Waals surface area contributed by atoms with Crippen LogP contribution in [-0.2, 0) is 4.79 Å². The van der Waals surface area contributed by atoms with Crippen LogP contribution in [0.3, 0.4) is 0 Å². The zero-order valence-corrected chi connectivity index (χ0v) is 16.0. The summed E-state index contributed by atoms with van der Waals surface area (Å²) >= 11 is 0. The molecular formula is C24H32O2. The lowest BCUT2D eigenvalue weighted by Crippen LogP contribution is -1.88. The smallest absolute Gasteiger partial charge is 0.328 e. The lowest BCUT2D eigenvalue weighted by atomic mass is 9.99. The van der Waals surface area contributed by atoms with Crippen LogP contribution >= 0.6 is 0 Å². The molecule has 0 saturated heterocycles. The van der Waals surface area contributed by atoms with E-state index in [2.05, 4.69) is 30.3 Å². The molecule has 0 unspecified atom stereocenters. The van der Waals surface area contributed by atoms with Gasteiger partial charge in [0, 0.05) is 6.08 Å². The van der Waals surface area contributed by atoms with Crippen molar-refractivity contribution < 1.29 is 9.90 Å². The second-order valence-electron chi connectivity index (χ2n) is 7.36. The number of benzene rings is 1. The zero-order chi connectivity index (χ0) is 18.6. The first-order valence-corrected chi connectivity index (χ1v) is 10.0. The average Bonchev–Trinajstić information content (AvgIpc) is 2.67. The van der Waals surface area contributed by atoms with Gasteiger partial charge in [-0.05, 0) is 49.3 Å². The molecule has 0 atom stereocenters. The van der Waals surface area contributed by atoms with Crippen molar-refractivity contribution in [3.8, 4) is 0 Å². The standard InChI is InChI=1S/C24H32O2/c1-20(18-24(25)26)12-13-21-14-16-23(17-15-21)19-22-10-8-6-4-2-3-5-7-9-11-22/h12-19H,2-11H2,1H3,(H,25,26). The Kier molecular flexibility index (Phi) is 8.95. The van der Waals surface area contributed by atoms with Gasteiger partial charge < -0.3 is 5.11 Å². The lowest BCUT2D eigenvalue weighted by molar-refractivity contribution is -0.131. The molecule has 26 heavy (non-hydrogen) atoms. The van der Waals surface area contributed by atoms with Crippen LogP contribution in [0.15, 0.2) is 47.6 Å². The monoisotopic (exact) mass is 352 g/mol. The van der Waals surface area contributed by atoms with E-state index in [4.69, 9.17) is 5.11 Å². The number of carboxylic acid groups (broad SMARTS) is 1. The first-order valence-electron chi connectivity index (χ1n) is 10.0. The number of aliphatic carboxylic acids is 1. The second kappa shape index (κ2) is 11.5. The highest BCUT2D eigenvalue weighted by atomic mass is 16.4. The van der Waals surface area contributed by atoms with Gasteiger partial charge in [0.2, 0.25) is 0 Å². The molecular weight excluding hydrogens is 320 g/mol. The Balaban J connectivity index is 1.99. The van der Waals surface area contributed by atoms with E-state index in [1.807, 2.05) is 12.2 Å². The predicted molar refractivity (Wildman–Crippen MR) is 111 cm³/mol. The van der Waals surface area contributed by atoms with Gasteiger partial charge in [0.05, 0.1) is 0 Å². The topological polar surface area (TPSA) is 37.3 Å². The van der Waals surface area contributed by atoms with E-state index in [9.17, 15) is 4.79 Å². The minimum Gasteiger partial charge on any atom is -0.478 e. The van der Waals surface area contributed by atoms with Gasteiger partial charge in [-0.1, -0.05) is 86.6 Å². The molecule has 0 bridgehead atoms. The maximum Gasteiger partial charge on any atom is 0.328 e. The fourth-order valence-electron chi connectivity index (χ4n) is 3.44. The summed E-state index contributed by atoms with van der Waals surface area (Å²) in [5, 5.41) is 8.74. The molecule has 2 nitrogen and oxygen atoms in total. The Labute approximate surface area is 158 Å². The van der Waals surface area contributed by atoms with E-state index in [0.29, 0.717) is 0 Å². The van der Waals surface area contributed by atoms with Gasteiger partial charge in [-0.25, -0.2) is 4.79 Å². The minimum absolute atomic E-state index is 0.737. The van der Waals surface area contributed by atoms with Gasteiger partial charge in [-0.15, -0.1) is 0 Å². The Morgan fingerprint density at radius 3 is 1.88 bits per heavy atom. The summed E-state index contributed by atoms with van der Waals surface area (Å²) in [5.74, 6) is -0.907. The normalized spacial score (nSPS) is 17.7. The largest absolute Gasteiger partial charge is 0.478 e. The molecule has 1 aromatic rings. The van der Waals surface area contributed by atoms with Crippen molar-refractivity contribution in [1.29, 1.82) is 0 Å². The molecule has 0 amide bonds. The van der Waals surface area contributed by atoms with E-state index < -0.39 is 5.97 Å². The summed E-state index contributed by atoms with van der Waals surface area (Å²) < 4.78 is 0. The molecule has 1 fully saturated rings. The van der Waals surface area contributed by atoms with Crippen LogP contribution in [0.25, 0.3) is 12.2 Å². The molecule has 2 rings (SSSR count). The predicted octanol–water partition coefficient (Wildman–Crippen LogP) is 7.03. The maximum absolute atomic E-state index is 10.6. The molecule has 0 radical (unpaired) electrons. The van der Waals surface area contributed by atoms with Crippen LogP contribution in [0.2, 0.25) is 0 Å². The number of hydrogen-bond acceptors (Lipinski definition) is 1. The highest BCUT2D eigenvalue weighted by Crippen LogP contribution is 2.23. The van der Waals surface area contributed by atoms with Crippen molar-refractivity contribution >= 4 is 18.1 Å². The maximum atomic E-state index is 10.6. The summed E-state index contributed by atoms with van der Waals surface area (Å²) in [6.45, 7) is 1.80. The molecule has 140 valence electrons. The van der Waals surface area contributed by atoms with Crippen LogP contribution in [0, 0.1) is 0 Å². The number of allylic oxidation sites excluding steroid dienone is 3. The van der Waals surface area contributed by atoms with Crippen molar-refractivity contribution in [2.45, 2.75) is 71.1 Å². The summed E-state index contributed by atoms with van der Waals surface area (Å²) in [6.07, 6.45) is 20.8. The van der Waals surface area contributed by atoms with Crippen molar-refractivity contribution in [3.05, 3.63) is 58.7 Å². The highest BCUT2D eigenvalue weighted by molar-refractivity contribution is 5.81. The third-order valence-electron chi connectivity index (χ3n) is 4.94. The van der Waals surface area contributed by atoms with Crippen molar-refractivity contribution in [1.82, 2.24) is 0 Å². The first kappa shape index (κ1) is 20.2.